The number of carbonyl (C=O) groups excluding carboxylic acids is 1. The quantitative estimate of drug-likeness (QED) is 0.467. The van der Waals surface area contributed by atoms with Crippen molar-refractivity contribution in [2.24, 2.45) is 0 Å². The highest BCUT2D eigenvalue weighted by Gasteiger charge is 2.10. The molecule has 1 atom stereocenters. The second-order valence-corrected chi connectivity index (χ2v) is 1.75. The molecule has 1 N–H and O–H groups in total. The number of carbonyl (C=O) groups is 1. The van der Waals surface area contributed by atoms with Gasteiger partial charge in [0.25, 0.3) is 0 Å². The molecular formula is C5H9NO. The highest BCUT2D eigenvalue weighted by molar-refractivity contribution is 5.57. The average molecular weight is 100 g/mol. The molecule has 1 rings (SSSR count). The maximum Gasteiger partial charge on any atom is 0.136 e. The molecule has 0 radical (unpaired) electrons. The molecule has 0 aromatic heterocycles. The van der Waals surface area contributed by atoms with Crippen LogP contribution < -0.4 is 5.31 Å². The lowest BCUT2D eigenvalue weighted by Gasteiger charge is -1.93. The Bertz CT molecular complexity index is 96.4. The Hall–Kier alpha value is -0.370. The minimum Gasteiger partial charge on any atom is -0.308 e. The molecule has 2 nitrogen and oxygen atoms in total. The number of aldehydes is 1. The van der Waals surface area contributed by atoms with Gasteiger partial charge < -0.3 is 10.1 Å². The fourth-order valence-electron chi connectivity index (χ4n) is 0.760. The number of hydrogen-bond acceptors (Lipinski definition) is 2. The van der Waals surface area contributed by atoms with Crippen LogP contribution in [0, 0.1) is 0 Å². The Morgan fingerprint density at radius 3 is 3.14 bits per heavy atom. The zero-order valence-corrected chi connectivity index (χ0v) is 4.13. The molecule has 1 aliphatic heterocycles. The lowest BCUT2D eigenvalue weighted by molar-refractivity contribution is -0.109. The van der Waals surface area contributed by atoms with Crippen LogP contribution in [-0.2, 0) is 4.79 Å². The molecule has 0 saturated carbocycles. The predicted molar refractivity (Wildman–Crippen MR) is 27.1 cm³/mol. The van der Waals surface area contributed by atoms with Crippen molar-refractivity contribution in [3.63, 3.8) is 0 Å². The van der Waals surface area contributed by atoms with E-state index in [1.165, 1.54) is 5.31 Å². The van der Waals surface area contributed by atoms with E-state index < -0.39 is 0 Å². The Morgan fingerprint density at radius 2 is 2.86 bits per heavy atom. The van der Waals surface area contributed by atoms with E-state index in [0.29, 0.717) is 0 Å². The van der Waals surface area contributed by atoms with Crippen LogP contribution in [0.25, 0.3) is 0 Å². The van der Waals surface area contributed by atoms with Crippen molar-refractivity contribution in [2.45, 2.75) is 18.9 Å². The first-order valence-electron chi connectivity index (χ1n) is 3.00. The molecule has 1 aliphatic rings. The summed E-state index contributed by atoms with van der Waals surface area (Å²) < 4.78 is 7.09. The summed E-state index contributed by atoms with van der Waals surface area (Å²) in [4.78, 5) is 10.1. The van der Waals surface area contributed by atoms with Crippen LogP contribution in [0.4, 0.5) is 0 Å². The summed E-state index contributed by atoms with van der Waals surface area (Å²) in [5, 5.41) is 1.34. The van der Waals surface area contributed by atoms with E-state index in [9.17, 15) is 4.79 Å². The monoisotopic (exact) mass is 100 g/mol. The van der Waals surface area contributed by atoms with Gasteiger partial charge in [0.05, 0.1) is 6.04 Å². The molecule has 2 heteroatoms. The highest BCUT2D eigenvalue weighted by Crippen LogP contribution is 2.00. The van der Waals surface area contributed by atoms with Gasteiger partial charge in [-0.25, -0.2) is 0 Å². The van der Waals surface area contributed by atoms with Gasteiger partial charge in [-0.15, -0.1) is 0 Å². The second kappa shape index (κ2) is 2.07. The highest BCUT2D eigenvalue weighted by atomic mass is 16.1. The smallest absolute Gasteiger partial charge is 0.136 e. The molecule has 0 spiro atoms. The van der Waals surface area contributed by atoms with Gasteiger partial charge in [0.15, 0.2) is 0 Å². The van der Waals surface area contributed by atoms with Gasteiger partial charge in [-0.2, -0.15) is 0 Å². The van der Waals surface area contributed by atoms with Crippen molar-refractivity contribution in [1.29, 1.82) is 0 Å². The van der Waals surface area contributed by atoms with Crippen LogP contribution in [0.5, 0.6) is 0 Å². The van der Waals surface area contributed by atoms with Gasteiger partial charge in [0, 0.05) is 0 Å². The summed E-state index contributed by atoms with van der Waals surface area (Å²) in [7, 11) is 0. The van der Waals surface area contributed by atoms with Gasteiger partial charge in [-0.3, -0.25) is 0 Å². The lowest BCUT2D eigenvalue weighted by atomic mass is 10.2. The van der Waals surface area contributed by atoms with E-state index in [-0.39, 0.29) is 6.04 Å². The molecule has 0 aromatic rings. The third-order valence-electron chi connectivity index (χ3n) is 1.18. The van der Waals surface area contributed by atoms with E-state index in [1.54, 1.807) is 0 Å². The number of nitrogens with one attached hydrogen (secondary N) is 1. The number of rotatable bonds is 1. The molecule has 0 amide bonds. The first-order chi connectivity index (χ1) is 3.84. The minimum atomic E-state index is -0.116. The van der Waals surface area contributed by atoms with Gasteiger partial charge in [0.1, 0.15) is 7.70 Å². The Morgan fingerprint density at radius 1 is 2.00 bits per heavy atom. The summed E-state index contributed by atoms with van der Waals surface area (Å²) in [6.45, 7) is 0.753. The summed E-state index contributed by atoms with van der Waals surface area (Å²) in [5.74, 6) is 0. The third kappa shape index (κ3) is 0.996. The van der Waals surface area contributed by atoms with Crippen LogP contribution >= 0.6 is 0 Å². The topological polar surface area (TPSA) is 29.1 Å². The molecule has 1 fully saturated rings. The van der Waals surface area contributed by atoms with Crippen molar-refractivity contribution in [3.05, 3.63) is 0 Å². The fourth-order valence-corrected chi connectivity index (χ4v) is 0.760. The van der Waals surface area contributed by atoms with Crippen LogP contribution in [0.1, 0.15) is 12.8 Å². The fraction of sp³-hybridized carbons (Fsp3) is 0.800. The van der Waals surface area contributed by atoms with Gasteiger partial charge >= 0.3 is 0 Å². The SMILES string of the molecule is [2H]N1CCCC1C=O. The van der Waals surface area contributed by atoms with E-state index in [0.717, 1.165) is 25.7 Å². The van der Waals surface area contributed by atoms with Crippen molar-refractivity contribution < 1.29 is 6.21 Å². The largest absolute Gasteiger partial charge is 0.308 e. The molecule has 7 heavy (non-hydrogen) atoms. The van der Waals surface area contributed by atoms with Crippen molar-refractivity contribution in [3.8, 4) is 0 Å². The van der Waals surface area contributed by atoms with Crippen LogP contribution in [-0.4, -0.2) is 18.9 Å². The van der Waals surface area contributed by atoms with Crippen LogP contribution in [0.3, 0.4) is 0 Å². The zero-order valence-electron chi connectivity index (χ0n) is 5.13. The first-order valence-corrected chi connectivity index (χ1v) is 2.55. The third-order valence-corrected chi connectivity index (χ3v) is 1.18. The molecule has 0 aliphatic carbocycles. The molecule has 1 saturated heterocycles. The normalized spacial score (nSPS) is 35.4. The van der Waals surface area contributed by atoms with E-state index in [1.807, 2.05) is 0 Å². The van der Waals surface area contributed by atoms with Gasteiger partial charge in [-0.05, 0) is 19.4 Å². The minimum absolute atomic E-state index is 0.116. The summed E-state index contributed by atoms with van der Waals surface area (Å²) in [5.41, 5.74) is 0. The van der Waals surface area contributed by atoms with E-state index in [2.05, 4.69) is 0 Å². The standard InChI is InChI=1S/C5H9NO/c7-4-5-2-1-3-6-5/h4-6H,1-3H2/i/hD. The van der Waals surface area contributed by atoms with Crippen molar-refractivity contribution in [1.82, 2.24) is 5.31 Å². The first kappa shape index (κ1) is 3.61. The second-order valence-electron chi connectivity index (χ2n) is 1.75. The Kier molecular flexibility index (Phi) is 1.07. The molecule has 1 unspecified atom stereocenters. The average Bonchev–Trinajstić information content (AvgIpc) is 2.14. The van der Waals surface area contributed by atoms with Crippen molar-refractivity contribution >= 4 is 6.29 Å². The molecule has 0 aromatic carbocycles. The van der Waals surface area contributed by atoms with Crippen LogP contribution in [0.15, 0.2) is 0 Å². The van der Waals surface area contributed by atoms with E-state index >= 15 is 0 Å². The summed E-state index contributed by atoms with van der Waals surface area (Å²) in [6, 6.07) is -0.116. The van der Waals surface area contributed by atoms with Crippen LogP contribution in [0.2, 0.25) is 1.41 Å². The van der Waals surface area contributed by atoms with Gasteiger partial charge in [0.2, 0.25) is 0 Å². The molecule has 40 valence electrons. The molecular weight excluding hydrogens is 90.1 g/mol. The maximum absolute atomic E-state index is 10.1. The van der Waals surface area contributed by atoms with Crippen molar-refractivity contribution in [2.75, 3.05) is 6.54 Å². The Balaban J connectivity index is 2.41. The number of hydrogen-bond donors (Lipinski definition) is 1. The molecule has 0 bridgehead atoms. The summed E-state index contributed by atoms with van der Waals surface area (Å²) in [6.07, 6.45) is 2.71. The van der Waals surface area contributed by atoms with Gasteiger partial charge in [-0.1, -0.05) is 0 Å². The van der Waals surface area contributed by atoms with E-state index in [4.69, 9.17) is 1.41 Å². The molecule has 1 heterocycles. The Labute approximate surface area is 44.4 Å². The lowest BCUT2D eigenvalue weighted by Crippen LogP contribution is -2.21. The maximum atomic E-state index is 10.1. The summed E-state index contributed by atoms with van der Waals surface area (Å²) >= 11 is 0. The predicted octanol–water partition coefficient (Wildman–Crippen LogP) is -0.0627. The zero-order chi connectivity index (χ0) is 5.98.